The van der Waals surface area contributed by atoms with Gasteiger partial charge >= 0.3 is 0 Å². The molecule has 1 atom stereocenters. The second-order valence-corrected chi connectivity index (χ2v) is 6.91. The molecule has 0 N–H and O–H groups in total. The van der Waals surface area contributed by atoms with Crippen molar-refractivity contribution in [2.75, 3.05) is 7.05 Å². The summed E-state index contributed by atoms with van der Waals surface area (Å²) in [5.41, 5.74) is 3.09. The van der Waals surface area contributed by atoms with Crippen molar-refractivity contribution in [3.8, 4) is 17.1 Å². The molecule has 0 saturated heterocycles. The first-order valence-corrected chi connectivity index (χ1v) is 9.34. The van der Waals surface area contributed by atoms with E-state index in [2.05, 4.69) is 10.1 Å². The zero-order chi connectivity index (χ0) is 20.1. The molecule has 0 aliphatic carbocycles. The Morgan fingerprint density at radius 1 is 1.14 bits per heavy atom. The van der Waals surface area contributed by atoms with E-state index in [1.54, 1.807) is 11.9 Å². The smallest absolute Gasteiger partial charge is 0.263 e. The zero-order valence-corrected chi connectivity index (χ0v) is 16.7. The number of hydrogen-bond donors (Lipinski definition) is 0. The minimum Gasteiger partial charge on any atom is -0.481 e. The number of ether oxygens (including phenoxy) is 1. The highest BCUT2D eigenvalue weighted by Gasteiger charge is 2.24. The van der Waals surface area contributed by atoms with Crippen molar-refractivity contribution in [1.82, 2.24) is 15.0 Å². The molecule has 146 valence electrons. The van der Waals surface area contributed by atoms with E-state index in [0.717, 1.165) is 16.7 Å². The normalized spacial score (nSPS) is 11.9. The summed E-state index contributed by atoms with van der Waals surface area (Å²) in [6, 6.07) is 15.6. The van der Waals surface area contributed by atoms with Gasteiger partial charge in [-0.2, -0.15) is 4.98 Å². The predicted octanol–water partition coefficient (Wildman–Crippen LogP) is 4.17. The molecule has 2 aromatic carbocycles. The minimum atomic E-state index is -0.564. The monoisotopic (exact) mass is 379 g/mol. The quantitative estimate of drug-likeness (QED) is 0.616. The highest BCUT2D eigenvalue weighted by atomic mass is 16.5. The van der Waals surface area contributed by atoms with Gasteiger partial charge in [-0.15, -0.1) is 0 Å². The fourth-order valence-corrected chi connectivity index (χ4v) is 2.91. The van der Waals surface area contributed by atoms with E-state index in [-0.39, 0.29) is 12.5 Å². The average molecular weight is 379 g/mol. The summed E-state index contributed by atoms with van der Waals surface area (Å²) in [5.74, 6) is 1.47. The topological polar surface area (TPSA) is 68.5 Å². The molecule has 3 aromatic rings. The first-order chi connectivity index (χ1) is 13.5. The van der Waals surface area contributed by atoms with Crippen molar-refractivity contribution in [1.29, 1.82) is 0 Å². The molecule has 0 aliphatic heterocycles. The van der Waals surface area contributed by atoms with Crippen LogP contribution in [0.1, 0.15) is 30.4 Å². The van der Waals surface area contributed by atoms with Crippen LogP contribution in [0.5, 0.6) is 5.75 Å². The van der Waals surface area contributed by atoms with Crippen LogP contribution in [0, 0.1) is 13.8 Å². The van der Waals surface area contributed by atoms with Crippen LogP contribution in [-0.2, 0) is 11.3 Å². The lowest BCUT2D eigenvalue weighted by atomic mass is 10.1. The summed E-state index contributed by atoms with van der Waals surface area (Å²) in [7, 11) is 1.71. The number of aryl methyl sites for hydroxylation is 2. The summed E-state index contributed by atoms with van der Waals surface area (Å²) in [5, 5.41) is 4.03. The fraction of sp³-hybridized carbons (Fsp3) is 0.318. The van der Waals surface area contributed by atoms with Gasteiger partial charge in [-0.3, -0.25) is 4.79 Å². The van der Waals surface area contributed by atoms with Gasteiger partial charge in [0, 0.05) is 12.6 Å². The van der Waals surface area contributed by atoms with E-state index >= 15 is 0 Å². The molecule has 6 heteroatoms. The van der Waals surface area contributed by atoms with Gasteiger partial charge in [-0.1, -0.05) is 48.0 Å². The molecule has 0 saturated carbocycles. The van der Waals surface area contributed by atoms with Crippen molar-refractivity contribution in [2.45, 2.75) is 39.8 Å². The Balaban J connectivity index is 1.66. The highest BCUT2D eigenvalue weighted by Crippen LogP contribution is 2.19. The SMILES string of the molecule is CC[C@H](Oc1cccc(C)c1)C(=O)N(C)Cc1nc(-c2cccc(C)c2)no1. The maximum atomic E-state index is 12.8. The third-order valence-corrected chi connectivity index (χ3v) is 4.41. The Morgan fingerprint density at radius 2 is 1.86 bits per heavy atom. The molecule has 0 bridgehead atoms. The summed E-state index contributed by atoms with van der Waals surface area (Å²) < 4.78 is 11.2. The molecule has 28 heavy (non-hydrogen) atoms. The molecule has 1 amide bonds. The Bertz CT molecular complexity index is 951. The number of hydrogen-bond acceptors (Lipinski definition) is 5. The largest absolute Gasteiger partial charge is 0.481 e. The van der Waals surface area contributed by atoms with Crippen molar-refractivity contribution in [2.24, 2.45) is 0 Å². The summed E-state index contributed by atoms with van der Waals surface area (Å²) >= 11 is 0. The summed E-state index contributed by atoms with van der Waals surface area (Å²) in [6.45, 7) is 6.15. The van der Waals surface area contributed by atoms with Crippen molar-refractivity contribution in [3.63, 3.8) is 0 Å². The van der Waals surface area contributed by atoms with E-state index in [9.17, 15) is 4.79 Å². The van der Waals surface area contributed by atoms with E-state index in [1.807, 2.05) is 69.3 Å². The predicted molar refractivity (Wildman–Crippen MR) is 107 cm³/mol. The molecule has 0 aliphatic rings. The number of aromatic nitrogens is 2. The van der Waals surface area contributed by atoms with Crippen LogP contribution < -0.4 is 4.74 Å². The van der Waals surface area contributed by atoms with E-state index in [1.165, 1.54) is 0 Å². The Morgan fingerprint density at radius 3 is 2.54 bits per heavy atom. The van der Waals surface area contributed by atoms with Gasteiger partial charge in [0.2, 0.25) is 11.7 Å². The lowest BCUT2D eigenvalue weighted by Gasteiger charge is -2.22. The van der Waals surface area contributed by atoms with Crippen LogP contribution in [0.2, 0.25) is 0 Å². The number of carbonyl (C=O) groups is 1. The number of likely N-dealkylation sites (N-methyl/N-ethyl adjacent to an activating group) is 1. The summed E-state index contributed by atoms with van der Waals surface area (Å²) in [4.78, 5) is 18.8. The Labute approximate surface area is 165 Å². The average Bonchev–Trinajstić information content (AvgIpc) is 3.14. The van der Waals surface area contributed by atoms with Gasteiger partial charge < -0.3 is 14.2 Å². The van der Waals surface area contributed by atoms with Crippen LogP contribution >= 0.6 is 0 Å². The second kappa shape index (κ2) is 8.69. The molecule has 1 aromatic heterocycles. The second-order valence-electron chi connectivity index (χ2n) is 6.91. The maximum absolute atomic E-state index is 12.8. The number of nitrogens with zero attached hydrogens (tertiary/aromatic N) is 3. The maximum Gasteiger partial charge on any atom is 0.263 e. The molecule has 3 rings (SSSR count). The standard InChI is InChI=1S/C22H25N3O3/c1-5-19(27-18-11-7-9-16(3)13-18)22(26)25(4)14-20-23-21(24-28-20)17-10-6-8-15(2)12-17/h6-13,19H,5,14H2,1-4H3/t19-/m0/s1. The van der Waals surface area contributed by atoms with Gasteiger partial charge in [-0.05, 0) is 44.0 Å². The molecule has 0 unspecified atom stereocenters. The van der Waals surface area contributed by atoms with Gasteiger partial charge in [0.1, 0.15) is 5.75 Å². The number of carbonyl (C=O) groups excluding carboxylic acids is 1. The van der Waals surface area contributed by atoms with Gasteiger partial charge in [-0.25, -0.2) is 0 Å². The third-order valence-electron chi connectivity index (χ3n) is 4.41. The third kappa shape index (κ3) is 4.76. The van der Waals surface area contributed by atoms with Gasteiger partial charge in [0.15, 0.2) is 6.10 Å². The van der Waals surface area contributed by atoms with Crippen molar-refractivity contribution in [3.05, 3.63) is 65.5 Å². The van der Waals surface area contributed by atoms with Gasteiger partial charge in [0.05, 0.1) is 6.54 Å². The lowest BCUT2D eigenvalue weighted by Crippen LogP contribution is -2.39. The molecule has 6 nitrogen and oxygen atoms in total. The molecule has 1 heterocycles. The Hall–Kier alpha value is -3.15. The van der Waals surface area contributed by atoms with E-state index in [0.29, 0.717) is 23.9 Å². The number of amides is 1. The first-order valence-electron chi connectivity index (χ1n) is 9.34. The molecule has 0 radical (unpaired) electrons. The highest BCUT2D eigenvalue weighted by molar-refractivity contribution is 5.81. The zero-order valence-electron chi connectivity index (χ0n) is 16.7. The van der Waals surface area contributed by atoms with Crippen LogP contribution in [0.3, 0.4) is 0 Å². The Kier molecular flexibility index (Phi) is 6.09. The molecule has 0 fully saturated rings. The molecule has 0 spiro atoms. The minimum absolute atomic E-state index is 0.126. The van der Waals surface area contributed by atoms with Gasteiger partial charge in [0.25, 0.3) is 5.91 Å². The number of rotatable bonds is 7. The van der Waals surface area contributed by atoms with Crippen molar-refractivity contribution < 1.29 is 14.1 Å². The fourth-order valence-electron chi connectivity index (χ4n) is 2.91. The van der Waals surface area contributed by atoms with Crippen LogP contribution in [0.15, 0.2) is 53.1 Å². The molecular weight excluding hydrogens is 354 g/mol. The first kappa shape index (κ1) is 19.6. The number of benzene rings is 2. The molecular formula is C22H25N3O3. The summed E-state index contributed by atoms with van der Waals surface area (Å²) in [6.07, 6.45) is 0.00105. The van der Waals surface area contributed by atoms with Crippen molar-refractivity contribution >= 4 is 5.91 Å². The van der Waals surface area contributed by atoms with Crippen LogP contribution in [0.25, 0.3) is 11.4 Å². The lowest BCUT2D eigenvalue weighted by molar-refractivity contribution is -0.138. The van der Waals surface area contributed by atoms with E-state index in [4.69, 9.17) is 9.26 Å². The van der Waals surface area contributed by atoms with Crippen LogP contribution in [0.4, 0.5) is 0 Å². The van der Waals surface area contributed by atoms with Crippen LogP contribution in [-0.4, -0.2) is 34.1 Å². The van der Waals surface area contributed by atoms with E-state index < -0.39 is 6.10 Å².